The third-order valence-electron chi connectivity index (χ3n) is 3.40. The highest BCUT2D eigenvalue weighted by molar-refractivity contribution is 5.95. The first kappa shape index (κ1) is 12.8. The zero-order valence-electron chi connectivity index (χ0n) is 11.3. The summed E-state index contributed by atoms with van der Waals surface area (Å²) in [7, 11) is 0. The van der Waals surface area contributed by atoms with Crippen molar-refractivity contribution in [1.29, 1.82) is 0 Å². The molecule has 0 radical (unpaired) electrons. The van der Waals surface area contributed by atoms with Crippen LogP contribution in [0.25, 0.3) is 11.4 Å². The molecule has 1 aliphatic heterocycles. The Bertz CT molecular complexity index is 618. The summed E-state index contributed by atoms with van der Waals surface area (Å²) in [4.78, 5) is 16.4. The highest BCUT2D eigenvalue weighted by Crippen LogP contribution is 2.16. The van der Waals surface area contributed by atoms with Gasteiger partial charge in [0.2, 0.25) is 0 Å². The van der Waals surface area contributed by atoms with Crippen LogP contribution in [0.15, 0.2) is 24.3 Å². The number of carbonyl (C=O) groups excluding carboxylic acids is 1. The Morgan fingerprint density at radius 1 is 1.45 bits per heavy atom. The molecule has 0 saturated carbocycles. The number of aromatic amines is 1. The van der Waals surface area contributed by atoms with E-state index in [2.05, 4.69) is 25.8 Å². The van der Waals surface area contributed by atoms with E-state index >= 15 is 0 Å². The molecule has 1 aromatic heterocycles. The van der Waals surface area contributed by atoms with E-state index in [4.69, 9.17) is 0 Å². The zero-order chi connectivity index (χ0) is 13.9. The van der Waals surface area contributed by atoms with Crippen molar-refractivity contribution in [3.8, 4) is 11.4 Å². The van der Waals surface area contributed by atoms with E-state index in [9.17, 15) is 4.79 Å². The van der Waals surface area contributed by atoms with Crippen LogP contribution in [0.4, 0.5) is 0 Å². The van der Waals surface area contributed by atoms with Crippen LogP contribution in [0.1, 0.15) is 16.2 Å². The topological polar surface area (TPSA) is 82.7 Å². The van der Waals surface area contributed by atoms with Gasteiger partial charge in [0.25, 0.3) is 5.91 Å². The number of hydrogen-bond donors (Lipinski definition) is 3. The summed E-state index contributed by atoms with van der Waals surface area (Å²) in [5.41, 5.74) is 1.48. The van der Waals surface area contributed by atoms with Crippen molar-refractivity contribution in [2.45, 2.75) is 6.92 Å². The lowest BCUT2D eigenvalue weighted by molar-refractivity contribution is 0.0942. The van der Waals surface area contributed by atoms with Gasteiger partial charge in [-0.2, -0.15) is 5.10 Å². The second-order valence-electron chi connectivity index (χ2n) is 5.06. The first-order valence-electron chi connectivity index (χ1n) is 6.71. The highest BCUT2D eigenvalue weighted by atomic mass is 16.1. The Balaban J connectivity index is 1.71. The maximum atomic E-state index is 12.1. The molecule has 0 bridgehead atoms. The van der Waals surface area contributed by atoms with E-state index in [1.54, 1.807) is 6.07 Å². The molecular weight excluding hydrogens is 254 g/mol. The second-order valence-corrected chi connectivity index (χ2v) is 5.06. The fraction of sp³-hybridized carbons (Fsp3) is 0.357. The van der Waals surface area contributed by atoms with Gasteiger partial charge in [-0.3, -0.25) is 9.89 Å². The third-order valence-corrected chi connectivity index (χ3v) is 3.40. The van der Waals surface area contributed by atoms with Gasteiger partial charge in [-0.25, -0.2) is 4.98 Å². The number of nitrogens with zero attached hydrogens (tertiary/aromatic N) is 2. The number of rotatable bonds is 4. The number of hydrogen-bond acceptors (Lipinski definition) is 4. The number of amides is 1. The van der Waals surface area contributed by atoms with Crippen LogP contribution in [-0.2, 0) is 0 Å². The minimum atomic E-state index is -0.0500. The quantitative estimate of drug-likeness (QED) is 0.765. The van der Waals surface area contributed by atoms with Crippen LogP contribution >= 0.6 is 0 Å². The summed E-state index contributed by atoms with van der Waals surface area (Å²) < 4.78 is 0. The lowest BCUT2D eigenvalue weighted by atomic mass is 10.0. The van der Waals surface area contributed by atoms with Gasteiger partial charge < -0.3 is 10.6 Å². The monoisotopic (exact) mass is 271 g/mol. The SMILES string of the molecule is Cc1nc(-c2cccc(C(=O)NCC3CNC3)c2)n[nH]1. The Morgan fingerprint density at radius 3 is 2.95 bits per heavy atom. The lowest BCUT2D eigenvalue weighted by Gasteiger charge is -2.27. The molecule has 3 N–H and O–H groups in total. The maximum Gasteiger partial charge on any atom is 0.251 e. The predicted octanol–water partition coefficient (Wildman–Crippen LogP) is 0.729. The molecule has 0 unspecified atom stereocenters. The number of nitrogens with one attached hydrogen (secondary N) is 3. The van der Waals surface area contributed by atoms with Crippen molar-refractivity contribution in [2.75, 3.05) is 19.6 Å². The number of carbonyl (C=O) groups is 1. The van der Waals surface area contributed by atoms with Crippen LogP contribution in [-0.4, -0.2) is 40.7 Å². The van der Waals surface area contributed by atoms with Gasteiger partial charge in [0.1, 0.15) is 5.82 Å². The lowest BCUT2D eigenvalue weighted by Crippen LogP contribution is -2.48. The van der Waals surface area contributed by atoms with Crippen LogP contribution in [0, 0.1) is 12.8 Å². The fourth-order valence-corrected chi connectivity index (χ4v) is 2.10. The minimum absolute atomic E-state index is 0.0500. The van der Waals surface area contributed by atoms with E-state index in [0.29, 0.717) is 17.3 Å². The standard InChI is InChI=1S/C14H17N5O/c1-9-17-13(19-18-9)11-3-2-4-12(5-11)14(20)16-8-10-6-15-7-10/h2-5,10,15H,6-8H2,1H3,(H,16,20)(H,17,18,19). The van der Waals surface area contributed by atoms with Crippen molar-refractivity contribution in [2.24, 2.45) is 5.92 Å². The maximum absolute atomic E-state index is 12.1. The number of benzene rings is 1. The molecule has 1 saturated heterocycles. The number of aromatic nitrogens is 3. The number of H-pyrrole nitrogens is 1. The van der Waals surface area contributed by atoms with Crippen LogP contribution in [0.3, 0.4) is 0 Å². The van der Waals surface area contributed by atoms with Crippen molar-refractivity contribution in [3.63, 3.8) is 0 Å². The smallest absolute Gasteiger partial charge is 0.251 e. The minimum Gasteiger partial charge on any atom is -0.352 e. The van der Waals surface area contributed by atoms with Gasteiger partial charge in [0.05, 0.1) is 0 Å². The Morgan fingerprint density at radius 2 is 2.30 bits per heavy atom. The van der Waals surface area contributed by atoms with Crippen molar-refractivity contribution < 1.29 is 4.79 Å². The van der Waals surface area contributed by atoms with Crippen LogP contribution < -0.4 is 10.6 Å². The number of aryl methyl sites for hydroxylation is 1. The summed E-state index contributed by atoms with van der Waals surface area (Å²) in [6.07, 6.45) is 0. The molecule has 6 nitrogen and oxygen atoms in total. The second kappa shape index (κ2) is 5.42. The Labute approximate surface area is 117 Å². The molecule has 2 aromatic rings. The third kappa shape index (κ3) is 2.70. The Kier molecular flexibility index (Phi) is 3.47. The fourth-order valence-electron chi connectivity index (χ4n) is 2.10. The van der Waals surface area contributed by atoms with Crippen LogP contribution in [0.2, 0.25) is 0 Å². The van der Waals surface area contributed by atoms with Crippen molar-refractivity contribution in [3.05, 3.63) is 35.7 Å². The predicted molar refractivity (Wildman–Crippen MR) is 75.2 cm³/mol. The molecule has 6 heteroatoms. The molecule has 0 spiro atoms. The molecule has 1 amide bonds. The van der Waals surface area contributed by atoms with E-state index < -0.39 is 0 Å². The molecule has 104 valence electrons. The van der Waals surface area contributed by atoms with E-state index in [1.807, 2.05) is 25.1 Å². The van der Waals surface area contributed by atoms with E-state index in [-0.39, 0.29) is 5.91 Å². The van der Waals surface area contributed by atoms with Gasteiger partial charge >= 0.3 is 0 Å². The molecule has 0 aliphatic carbocycles. The summed E-state index contributed by atoms with van der Waals surface area (Å²) in [5, 5.41) is 13.1. The Hall–Kier alpha value is -2.21. The molecule has 1 aromatic carbocycles. The molecule has 20 heavy (non-hydrogen) atoms. The van der Waals surface area contributed by atoms with Gasteiger partial charge in [-0.15, -0.1) is 0 Å². The summed E-state index contributed by atoms with van der Waals surface area (Å²) in [6, 6.07) is 7.37. The largest absolute Gasteiger partial charge is 0.352 e. The van der Waals surface area contributed by atoms with E-state index in [1.165, 1.54) is 0 Å². The van der Waals surface area contributed by atoms with Gasteiger partial charge in [-0.05, 0) is 19.1 Å². The summed E-state index contributed by atoms with van der Waals surface area (Å²) in [6.45, 7) is 4.53. The highest BCUT2D eigenvalue weighted by Gasteiger charge is 2.17. The van der Waals surface area contributed by atoms with Crippen molar-refractivity contribution >= 4 is 5.91 Å². The van der Waals surface area contributed by atoms with Crippen molar-refractivity contribution in [1.82, 2.24) is 25.8 Å². The molecular formula is C14H17N5O. The molecule has 0 atom stereocenters. The van der Waals surface area contributed by atoms with Gasteiger partial charge in [-0.1, -0.05) is 12.1 Å². The molecule has 1 fully saturated rings. The first-order chi connectivity index (χ1) is 9.72. The summed E-state index contributed by atoms with van der Waals surface area (Å²) >= 11 is 0. The first-order valence-corrected chi connectivity index (χ1v) is 6.71. The molecule has 3 rings (SSSR count). The average molecular weight is 271 g/mol. The van der Waals surface area contributed by atoms with E-state index in [0.717, 1.165) is 31.0 Å². The summed E-state index contributed by atoms with van der Waals surface area (Å²) in [5.74, 6) is 1.87. The van der Waals surface area contributed by atoms with Crippen LogP contribution in [0.5, 0.6) is 0 Å². The van der Waals surface area contributed by atoms with Gasteiger partial charge in [0, 0.05) is 36.7 Å². The molecule has 2 heterocycles. The van der Waals surface area contributed by atoms with Gasteiger partial charge in [0.15, 0.2) is 5.82 Å². The zero-order valence-corrected chi connectivity index (χ0v) is 11.3. The normalized spacial score (nSPS) is 14.8. The average Bonchev–Trinajstić information content (AvgIpc) is 2.84. The molecule has 1 aliphatic rings.